The van der Waals surface area contributed by atoms with Gasteiger partial charge in [0, 0.05) is 43.2 Å². The van der Waals surface area contributed by atoms with Gasteiger partial charge in [0.25, 0.3) is 23.6 Å². The summed E-state index contributed by atoms with van der Waals surface area (Å²) in [4.78, 5) is 118. The summed E-state index contributed by atoms with van der Waals surface area (Å²) in [6.07, 6.45) is 2.94. The van der Waals surface area contributed by atoms with E-state index in [2.05, 4.69) is 17.4 Å². The Balaban J connectivity index is 0.000000174. The number of rotatable bonds is 10. The first kappa shape index (κ1) is 60.9. The monoisotopic (exact) mass is 1090 g/mol. The van der Waals surface area contributed by atoms with E-state index in [0.717, 1.165) is 24.0 Å². The van der Waals surface area contributed by atoms with Crippen LogP contribution in [0.5, 0.6) is 0 Å². The maximum Gasteiger partial charge on any atom is 1.00 e. The second kappa shape index (κ2) is 26.1. The van der Waals surface area contributed by atoms with Gasteiger partial charge in [-0.15, -0.1) is 0 Å². The van der Waals surface area contributed by atoms with Crippen LogP contribution >= 0.6 is 0 Å². The Kier molecular flexibility index (Phi) is 20.1. The molecule has 0 aromatic heterocycles. The minimum absolute atomic E-state index is 0. The number of imide groups is 3. The van der Waals surface area contributed by atoms with Crippen molar-refractivity contribution in [3.8, 4) is 0 Å². The largest absolute Gasteiger partial charge is 1.00 e. The summed E-state index contributed by atoms with van der Waals surface area (Å²) in [5.74, 6) is -0.332. The van der Waals surface area contributed by atoms with E-state index in [0.29, 0.717) is 83.8 Å². The summed E-state index contributed by atoms with van der Waals surface area (Å²) in [6, 6.07) is 50.6. The van der Waals surface area contributed by atoms with Crippen LogP contribution in [0.15, 0.2) is 164 Å². The minimum Gasteiger partial charge on any atom is -0.587 e. The van der Waals surface area contributed by atoms with Crippen LogP contribution in [0.2, 0.25) is 0 Å². The van der Waals surface area contributed by atoms with Gasteiger partial charge in [-0.05, 0) is 91.8 Å². The Morgan fingerprint density at radius 1 is 0.570 bits per heavy atom. The molecule has 400 valence electrons. The van der Waals surface area contributed by atoms with Gasteiger partial charge in [-0.3, -0.25) is 38.6 Å². The number of amides is 7. The first-order chi connectivity index (χ1) is 36.8. The van der Waals surface area contributed by atoms with Crippen molar-refractivity contribution in [3.05, 3.63) is 219 Å². The Hall–Kier alpha value is -7.30. The number of fused-ring (bicyclic) bond motifs is 4. The van der Waals surface area contributed by atoms with Crippen molar-refractivity contribution in [1.29, 1.82) is 0 Å². The van der Waals surface area contributed by atoms with Crippen LogP contribution in [0.1, 0.15) is 133 Å². The molecule has 0 bridgehead atoms. The third kappa shape index (κ3) is 12.0. The predicted octanol–water partition coefficient (Wildman–Crippen LogP) is 6.74. The number of benzene rings is 6. The van der Waals surface area contributed by atoms with Gasteiger partial charge < -0.3 is 24.5 Å². The Morgan fingerprint density at radius 2 is 0.962 bits per heavy atom. The summed E-state index contributed by atoms with van der Waals surface area (Å²) in [7, 11) is 0. The third-order valence-electron chi connectivity index (χ3n) is 15.3. The number of hydrogen-bond acceptors (Lipinski definition) is 11. The number of likely N-dealkylation sites (N-methyl/N-ethyl adjacent to an activating group) is 1. The van der Waals surface area contributed by atoms with Gasteiger partial charge in [0.05, 0.1) is 51.5 Å². The van der Waals surface area contributed by atoms with E-state index in [9.17, 15) is 38.4 Å². The predicted molar refractivity (Wildman–Crippen MR) is 289 cm³/mol. The van der Waals surface area contributed by atoms with Gasteiger partial charge in [0.2, 0.25) is 5.91 Å². The van der Waals surface area contributed by atoms with E-state index in [1.807, 2.05) is 97.6 Å². The van der Waals surface area contributed by atoms with E-state index >= 15 is 0 Å². The molecule has 0 unspecified atom stereocenters. The topological polar surface area (TPSA) is 204 Å². The van der Waals surface area contributed by atoms with Crippen molar-refractivity contribution < 1.29 is 104 Å². The zero-order chi connectivity index (χ0) is 53.7. The number of ether oxygens (including phenoxy) is 1. The van der Waals surface area contributed by atoms with Gasteiger partial charge in [0.15, 0.2) is 0 Å². The molecule has 0 spiro atoms. The average molecular weight is 1090 g/mol. The van der Waals surface area contributed by atoms with Crippen molar-refractivity contribution >= 4 is 53.5 Å². The second-order valence-electron chi connectivity index (χ2n) is 19.4. The molecular weight excluding hydrogens is 1030 g/mol. The summed E-state index contributed by atoms with van der Waals surface area (Å²) in [5.41, 5.74) is 5.31. The molecule has 79 heavy (non-hydrogen) atoms. The molecule has 4 heterocycles. The van der Waals surface area contributed by atoms with Crippen LogP contribution in [0.4, 0.5) is 0 Å². The van der Waals surface area contributed by atoms with Gasteiger partial charge in [0.1, 0.15) is 0 Å². The van der Waals surface area contributed by atoms with Crippen molar-refractivity contribution in [1.82, 2.24) is 14.7 Å². The quantitative estimate of drug-likeness (QED) is 0.0798. The standard InChI is InChI=1S/C23H24N2O3.C18H15NO2.C11H10O2.C8H5NO2.CO2.2CH4.K/c1-3-24(4-2)22(28)23(16-10-6-5-7-11-16)14-17(23)15-25-20(26)18-12-8-9-13-19(18)21(25)27;20-17-14-8-4-5-9-15(14)18(21)19(17)11-13-10-16(13)12-6-2-1-3-7-12;12-10-11(6-9(11)7-13-10)8-4-2-1-3-5-8;10-7-5-3-1-2-4-6(5)8(11)9-7;2-1-3;;;/h5-13,17H,3-4,14-15H2,1-2H3;1-9,13,16H,10-11H2;1-5,9H,6-7H2;1-4H,(H,9,10,11);;2*1H4;/q;;;;;;;+1/p-1/t17-,23+;13-,16-;9-,11+;;;;;/m000...../s1. The second-order valence-corrected chi connectivity index (χ2v) is 19.4. The maximum absolute atomic E-state index is 13.4. The van der Waals surface area contributed by atoms with Crippen molar-refractivity contribution in [2.75, 3.05) is 32.8 Å². The molecule has 0 radical (unpaired) electrons. The van der Waals surface area contributed by atoms with Crippen LogP contribution < -0.4 is 51.4 Å². The minimum atomic E-state index is -0.650. The van der Waals surface area contributed by atoms with Crippen molar-refractivity contribution in [2.24, 2.45) is 17.8 Å². The molecule has 6 aromatic carbocycles. The Labute approximate surface area is 502 Å². The molecule has 1 saturated heterocycles. The number of esters is 1. The number of nitrogens with zero attached hydrogens (tertiary/aromatic N) is 4. The summed E-state index contributed by atoms with van der Waals surface area (Å²) in [5, 5.41) is 3.28. The van der Waals surface area contributed by atoms with Gasteiger partial charge >= 0.3 is 63.5 Å². The van der Waals surface area contributed by atoms with Crippen LogP contribution in [-0.4, -0.2) is 101 Å². The molecule has 13 rings (SSSR count). The maximum atomic E-state index is 13.4. The zero-order valence-corrected chi connectivity index (χ0v) is 46.0. The number of hydrogen-bond donors (Lipinski definition) is 0. The van der Waals surface area contributed by atoms with E-state index in [1.165, 1.54) is 15.4 Å². The van der Waals surface area contributed by atoms with Gasteiger partial charge in [-0.25, -0.2) is 0 Å². The molecule has 6 atom stereocenters. The molecule has 0 N–H and O–H groups in total. The average Bonchev–Trinajstić information content (AvgIpc) is 4.58. The van der Waals surface area contributed by atoms with Gasteiger partial charge in [-0.1, -0.05) is 154 Å². The molecular formula is C63H61KN4O11. The van der Waals surface area contributed by atoms with E-state index in [1.54, 1.807) is 72.8 Å². The van der Waals surface area contributed by atoms with Crippen molar-refractivity contribution in [2.45, 2.75) is 64.7 Å². The fourth-order valence-corrected chi connectivity index (χ4v) is 11.0. The molecule has 7 aliphatic rings. The summed E-state index contributed by atoms with van der Waals surface area (Å²) >= 11 is 0. The molecule has 4 aliphatic heterocycles. The van der Waals surface area contributed by atoms with Crippen molar-refractivity contribution in [3.63, 3.8) is 0 Å². The van der Waals surface area contributed by atoms with E-state index in [4.69, 9.17) is 14.3 Å². The molecule has 7 amide bonds. The van der Waals surface area contributed by atoms with Crippen LogP contribution in [0, 0.1) is 17.8 Å². The van der Waals surface area contributed by atoms with Gasteiger partial charge in [-0.2, -0.15) is 9.59 Å². The number of cyclic esters (lactones) is 1. The van der Waals surface area contributed by atoms with E-state index < -0.39 is 17.2 Å². The molecule has 6 aromatic rings. The Morgan fingerprint density at radius 3 is 1.37 bits per heavy atom. The fourth-order valence-electron chi connectivity index (χ4n) is 11.0. The van der Waals surface area contributed by atoms with Crippen LogP contribution in [-0.2, 0) is 34.7 Å². The smallest absolute Gasteiger partial charge is 0.587 e. The normalized spacial score (nSPS) is 22.3. The number of carbonyl (C=O) groups is 8. The molecule has 3 saturated carbocycles. The van der Waals surface area contributed by atoms with Crippen LogP contribution in [0.25, 0.3) is 5.32 Å². The number of carbonyl (C=O) groups excluding carboxylic acids is 10. The molecule has 4 fully saturated rings. The first-order valence-electron chi connectivity index (χ1n) is 25.3. The zero-order valence-electron chi connectivity index (χ0n) is 42.8. The molecule has 15 nitrogen and oxygen atoms in total. The third-order valence-corrected chi connectivity index (χ3v) is 15.3. The van der Waals surface area contributed by atoms with E-state index in [-0.39, 0.29) is 126 Å². The molecule has 3 aliphatic carbocycles. The fraction of sp³-hybridized carbons (Fsp3) is 0.286. The van der Waals surface area contributed by atoms with Crippen LogP contribution in [0.3, 0.4) is 0 Å². The summed E-state index contributed by atoms with van der Waals surface area (Å²) < 4.78 is 5.03. The summed E-state index contributed by atoms with van der Waals surface area (Å²) in [6.45, 7) is 6.66. The SMILES string of the molecule is C.C.CCN(CC)C(=O)[C@@]1(c2ccccc2)C[C@H]1CN1C(=O)c2ccccc2C1=O.O=C1OC[C@@H]2C[C@]12c1ccccc1.O=C1[N-]C(=O)c2ccccc21.O=C1c2ccccc2C(=O)N1C[C@@H]1C[C@H]1c1ccccc1.O=C=O.[K+]. The first-order valence-corrected chi connectivity index (χ1v) is 25.3. The molecule has 16 heteroatoms. The Bertz CT molecular complexity index is 3190.